The lowest BCUT2D eigenvalue weighted by Gasteiger charge is -2.55. The fourth-order valence-corrected chi connectivity index (χ4v) is 6.54. The lowest BCUT2D eigenvalue weighted by Crippen LogP contribution is -2.50. The predicted octanol–water partition coefficient (Wildman–Crippen LogP) is 3.74. The van der Waals surface area contributed by atoms with Crippen molar-refractivity contribution in [1.29, 1.82) is 0 Å². The Morgan fingerprint density at radius 2 is 2.09 bits per heavy atom. The summed E-state index contributed by atoms with van der Waals surface area (Å²) in [5.41, 5.74) is 1.48. The number of hydrogen-bond donors (Lipinski definition) is 1. The van der Waals surface area contributed by atoms with E-state index in [1.807, 2.05) is 13.0 Å². The molecule has 23 heavy (non-hydrogen) atoms. The van der Waals surface area contributed by atoms with E-state index in [-0.39, 0.29) is 11.5 Å². The summed E-state index contributed by atoms with van der Waals surface area (Å²) in [6.07, 6.45) is 9.04. The maximum atomic E-state index is 11.9. The van der Waals surface area contributed by atoms with Crippen molar-refractivity contribution in [1.82, 2.24) is 0 Å². The maximum absolute atomic E-state index is 11.9. The first kappa shape index (κ1) is 15.5. The van der Waals surface area contributed by atoms with Crippen LogP contribution in [0, 0.1) is 46.8 Å². The van der Waals surface area contributed by atoms with Crippen LogP contribution in [-0.4, -0.2) is 17.0 Å². The predicted molar refractivity (Wildman–Crippen MR) is 90.4 cm³/mol. The number of allylic oxidation sites excluding steroid dienone is 1. The highest BCUT2D eigenvalue weighted by Crippen LogP contribution is 2.63. The third-order valence-corrected chi connectivity index (χ3v) is 7.63. The molecular weight excluding hydrogens is 284 g/mol. The van der Waals surface area contributed by atoms with Crippen LogP contribution in [0.15, 0.2) is 11.6 Å². The third-order valence-electron chi connectivity index (χ3n) is 7.63. The summed E-state index contributed by atoms with van der Waals surface area (Å²) in [4.78, 5) is 11.9. The van der Waals surface area contributed by atoms with Crippen LogP contribution in [0.25, 0.3) is 0 Å². The normalized spacial score (nSPS) is 48.5. The number of rotatable bonds is 0. The Morgan fingerprint density at radius 1 is 1.26 bits per heavy atom. The van der Waals surface area contributed by atoms with E-state index in [1.165, 1.54) is 12.0 Å². The summed E-state index contributed by atoms with van der Waals surface area (Å²) in [6, 6.07) is 0. The van der Waals surface area contributed by atoms with Crippen LogP contribution in [0.3, 0.4) is 0 Å². The van der Waals surface area contributed by atoms with Crippen LogP contribution in [0.1, 0.15) is 58.8 Å². The number of ketones is 1. The third kappa shape index (κ3) is 2.23. The zero-order chi connectivity index (χ0) is 16.2. The molecule has 124 valence electrons. The van der Waals surface area contributed by atoms with E-state index in [0.717, 1.165) is 38.5 Å². The van der Waals surface area contributed by atoms with Gasteiger partial charge in [0.15, 0.2) is 5.78 Å². The van der Waals surface area contributed by atoms with Gasteiger partial charge in [0.1, 0.15) is 0 Å². The molecule has 1 N–H and O–H groups in total. The molecule has 0 aliphatic heterocycles. The molecule has 4 aliphatic carbocycles. The van der Waals surface area contributed by atoms with E-state index in [9.17, 15) is 9.90 Å². The quantitative estimate of drug-likeness (QED) is 0.692. The summed E-state index contributed by atoms with van der Waals surface area (Å²) in [7, 11) is 0. The van der Waals surface area contributed by atoms with E-state index in [4.69, 9.17) is 0 Å². The fraction of sp³-hybridized carbons (Fsp3) is 0.762. The van der Waals surface area contributed by atoms with Crippen molar-refractivity contribution in [3.8, 4) is 11.8 Å². The summed E-state index contributed by atoms with van der Waals surface area (Å²) in [5, 5.41) is 10.6. The Kier molecular flexibility index (Phi) is 3.69. The molecule has 3 saturated carbocycles. The average Bonchev–Trinajstić information content (AvgIpc) is 2.83. The molecule has 7 atom stereocenters. The van der Waals surface area contributed by atoms with Gasteiger partial charge in [-0.2, -0.15) is 0 Å². The molecule has 4 aliphatic rings. The molecule has 0 aromatic heterocycles. The highest BCUT2D eigenvalue weighted by Gasteiger charge is 2.58. The molecule has 0 spiro atoms. The summed E-state index contributed by atoms with van der Waals surface area (Å²) in [6.45, 7) is 4.25. The first-order valence-corrected chi connectivity index (χ1v) is 9.38. The van der Waals surface area contributed by atoms with Crippen molar-refractivity contribution in [2.45, 2.75) is 64.9 Å². The van der Waals surface area contributed by atoms with Gasteiger partial charge in [-0.3, -0.25) is 4.79 Å². The molecule has 0 amide bonds. The highest BCUT2D eigenvalue weighted by atomic mass is 16.3. The molecule has 2 nitrogen and oxygen atoms in total. The Labute approximate surface area is 139 Å². The van der Waals surface area contributed by atoms with E-state index in [1.54, 1.807) is 0 Å². The smallest absolute Gasteiger partial charge is 0.155 e. The van der Waals surface area contributed by atoms with Gasteiger partial charge in [0.25, 0.3) is 0 Å². The van der Waals surface area contributed by atoms with Crippen LogP contribution in [-0.2, 0) is 4.79 Å². The van der Waals surface area contributed by atoms with Crippen LogP contribution >= 0.6 is 0 Å². The van der Waals surface area contributed by atoms with Gasteiger partial charge < -0.3 is 5.11 Å². The van der Waals surface area contributed by atoms with Gasteiger partial charge in [0, 0.05) is 12.3 Å². The lowest BCUT2D eigenvalue weighted by molar-refractivity contribution is -0.116. The SMILES string of the molecule is CC#C[C@@H]1CC2=CC(=O)CC[C@@H]2[C@H]2CC[C@]3(C)[C@@H](O)CC[C@H]3[C@@H]21. The van der Waals surface area contributed by atoms with E-state index < -0.39 is 0 Å². The molecule has 0 aromatic rings. The summed E-state index contributed by atoms with van der Waals surface area (Å²) < 4.78 is 0. The second-order valence-corrected chi connectivity index (χ2v) is 8.52. The molecule has 4 rings (SSSR count). The fourth-order valence-electron chi connectivity index (χ4n) is 6.54. The van der Waals surface area contributed by atoms with Gasteiger partial charge in [-0.1, -0.05) is 18.4 Å². The van der Waals surface area contributed by atoms with Gasteiger partial charge in [-0.25, -0.2) is 0 Å². The maximum Gasteiger partial charge on any atom is 0.155 e. The number of aliphatic hydroxyl groups excluding tert-OH is 1. The van der Waals surface area contributed by atoms with E-state index in [2.05, 4.69) is 18.8 Å². The number of hydrogen-bond acceptors (Lipinski definition) is 2. The van der Waals surface area contributed by atoms with Gasteiger partial charge in [0.05, 0.1) is 6.10 Å². The highest BCUT2D eigenvalue weighted by molar-refractivity contribution is 5.91. The van der Waals surface area contributed by atoms with Gasteiger partial charge in [-0.05, 0) is 80.6 Å². The van der Waals surface area contributed by atoms with Crippen LogP contribution in [0.5, 0.6) is 0 Å². The zero-order valence-corrected chi connectivity index (χ0v) is 14.3. The Morgan fingerprint density at radius 3 is 2.87 bits per heavy atom. The lowest BCUT2D eigenvalue weighted by atomic mass is 9.49. The summed E-state index contributed by atoms with van der Waals surface area (Å²) in [5.74, 6) is 9.86. The van der Waals surface area contributed by atoms with Crippen molar-refractivity contribution in [2.24, 2.45) is 35.0 Å². The van der Waals surface area contributed by atoms with Crippen molar-refractivity contribution in [3.05, 3.63) is 11.6 Å². The Hall–Kier alpha value is -1.07. The molecule has 0 radical (unpaired) electrons. The number of fused-ring (bicyclic) bond motifs is 5. The number of aliphatic hydroxyl groups is 1. The molecular formula is C21H28O2. The first-order valence-electron chi connectivity index (χ1n) is 9.38. The minimum atomic E-state index is -0.131. The molecule has 0 aromatic carbocycles. The Bertz CT molecular complexity index is 607. The van der Waals surface area contributed by atoms with Crippen molar-refractivity contribution < 1.29 is 9.90 Å². The molecule has 0 bridgehead atoms. The van der Waals surface area contributed by atoms with Crippen molar-refractivity contribution in [2.75, 3.05) is 0 Å². The Balaban J connectivity index is 1.73. The molecule has 0 unspecified atom stereocenters. The largest absolute Gasteiger partial charge is 0.393 e. The van der Waals surface area contributed by atoms with E-state index >= 15 is 0 Å². The molecule has 0 saturated heterocycles. The van der Waals surface area contributed by atoms with Crippen LogP contribution in [0.4, 0.5) is 0 Å². The first-order chi connectivity index (χ1) is 11.0. The number of carbonyl (C=O) groups excluding carboxylic acids is 1. The summed E-state index contributed by atoms with van der Waals surface area (Å²) >= 11 is 0. The van der Waals surface area contributed by atoms with Gasteiger partial charge in [0.2, 0.25) is 0 Å². The standard InChI is InChI=1S/C21H28O2/c1-3-4-13-11-14-12-15(22)5-6-16(14)17-9-10-21(2)18(20(13)17)7-8-19(21)23/h12-13,16-20,23H,5-11H2,1-2H3/t13-,16+,17-,18+,19+,20-,21+/m1/s1. The van der Waals surface area contributed by atoms with Crippen LogP contribution < -0.4 is 0 Å². The van der Waals surface area contributed by atoms with Gasteiger partial charge in [-0.15, -0.1) is 5.92 Å². The minimum Gasteiger partial charge on any atom is -0.393 e. The van der Waals surface area contributed by atoms with Crippen molar-refractivity contribution in [3.63, 3.8) is 0 Å². The second-order valence-electron chi connectivity index (χ2n) is 8.52. The van der Waals surface area contributed by atoms with E-state index in [0.29, 0.717) is 35.4 Å². The average molecular weight is 312 g/mol. The number of carbonyl (C=O) groups is 1. The zero-order valence-electron chi connectivity index (χ0n) is 14.3. The van der Waals surface area contributed by atoms with Crippen LogP contribution in [0.2, 0.25) is 0 Å². The topological polar surface area (TPSA) is 37.3 Å². The van der Waals surface area contributed by atoms with Crippen molar-refractivity contribution >= 4 is 5.78 Å². The molecule has 0 heterocycles. The molecule has 3 fully saturated rings. The molecule has 2 heteroatoms. The second kappa shape index (κ2) is 5.49. The monoisotopic (exact) mass is 312 g/mol. The van der Waals surface area contributed by atoms with Gasteiger partial charge >= 0.3 is 0 Å². The minimum absolute atomic E-state index is 0.0978.